The Morgan fingerprint density at radius 2 is 2.24 bits per heavy atom. The summed E-state index contributed by atoms with van der Waals surface area (Å²) in [6.45, 7) is 1.52. The van der Waals surface area contributed by atoms with Crippen molar-refractivity contribution in [3.05, 3.63) is 45.0 Å². The Morgan fingerprint density at radius 3 is 2.71 bits per heavy atom. The van der Waals surface area contributed by atoms with Gasteiger partial charge in [0.1, 0.15) is 0 Å². The van der Waals surface area contributed by atoms with Crippen molar-refractivity contribution in [3.8, 4) is 6.07 Å². The van der Waals surface area contributed by atoms with E-state index in [9.17, 15) is 14.9 Å². The normalized spacial score (nSPS) is 10.1. The fourth-order valence-electron chi connectivity index (χ4n) is 1.31. The molecule has 6 heteroatoms. The molecule has 1 rings (SSSR count). The molecule has 6 nitrogen and oxygen atoms in total. The first-order valence-electron chi connectivity index (χ1n) is 4.56. The number of carbonyl (C=O) groups is 1. The van der Waals surface area contributed by atoms with Crippen LogP contribution in [0.3, 0.4) is 0 Å². The highest BCUT2D eigenvalue weighted by Gasteiger charge is 2.13. The third-order valence-electron chi connectivity index (χ3n) is 2.09. The van der Waals surface area contributed by atoms with Gasteiger partial charge >= 0.3 is 5.97 Å². The van der Waals surface area contributed by atoms with E-state index in [-0.39, 0.29) is 16.8 Å². The van der Waals surface area contributed by atoms with Gasteiger partial charge in [0.05, 0.1) is 16.6 Å². The highest BCUT2D eigenvalue weighted by atomic mass is 16.6. The van der Waals surface area contributed by atoms with Crippen LogP contribution in [0.2, 0.25) is 0 Å². The maximum absolute atomic E-state index is 10.7. The molecule has 0 atom stereocenters. The van der Waals surface area contributed by atoms with E-state index in [2.05, 4.69) is 0 Å². The lowest BCUT2D eigenvalue weighted by molar-refractivity contribution is -0.385. The van der Waals surface area contributed by atoms with Crippen molar-refractivity contribution in [2.24, 2.45) is 0 Å². The van der Waals surface area contributed by atoms with Gasteiger partial charge in [-0.3, -0.25) is 10.1 Å². The van der Waals surface area contributed by atoms with Crippen molar-refractivity contribution >= 4 is 17.7 Å². The van der Waals surface area contributed by atoms with E-state index in [1.54, 1.807) is 0 Å². The number of hydrogen-bond acceptors (Lipinski definition) is 4. The fourth-order valence-corrected chi connectivity index (χ4v) is 1.31. The molecule has 1 N–H and O–H groups in total. The number of rotatable bonds is 3. The quantitative estimate of drug-likeness (QED) is 0.486. The standard InChI is InChI=1S/C11H8N2O4/c1-7-4-9(6-12)8(2-3-11(14)15)5-10(7)13(16)17/h2-5H,1H3,(H,14,15)/b3-2+. The SMILES string of the molecule is Cc1cc(C#N)c(/C=C/C(=O)O)cc1[N+](=O)[O-]. The van der Waals surface area contributed by atoms with Gasteiger partial charge in [-0.2, -0.15) is 5.26 Å². The summed E-state index contributed by atoms with van der Waals surface area (Å²) in [5.74, 6) is -1.18. The topological polar surface area (TPSA) is 104 Å². The maximum Gasteiger partial charge on any atom is 0.328 e. The molecule has 86 valence electrons. The lowest BCUT2D eigenvalue weighted by atomic mass is 10.0. The predicted molar refractivity (Wildman–Crippen MR) is 59.2 cm³/mol. The summed E-state index contributed by atoms with van der Waals surface area (Å²) in [4.78, 5) is 20.5. The molecule has 0 amide bonds. The number of carboxylic acid groups (broad SMARTS) is 1. The van der Waals surface area contributed by atoms with Gasteiger partial charge in [0.2, 0.25) is 0 Å². The highest BCUT2D eigenvalue weighted by molar-refractivity contribution is 5.86. The third kappa shape index (κ3) is 2.89. The van der Waals surface area contributed by atoms with Crippen LogP contribution in [0.1, 0.15) is 16.7 Å². The minimum Gasteiger partial charge on any atom is -0.478 e. The average molecular weight is 232 g/mol. The molecule has 0 bridgehead atoms. The van der Waals surface area contributed by atoms with Crippen LogP contribution in [0.25, 0.3) is 6.08 Å². The summed E-state index contributed by atoms with van der Waals surface area (Å²) in [6.07, 6.45) is 1.99. The Balaban J connectivity index is 3.37. The number of nitro benzene ring substituents is 1. The Labute approximate surface area is 96.6 Å². The molecule has 0 aliphatic heterocycles. The molecule has 17 heavy (non-hydrogen) atoms. The van der Waals surface area contributed by atoms with Gasteiger partial charge in [-0.15, -0.1) is 0 Å². The number of nitriles is 1. The van der Waals surface area contributed by atoms with Crippen LogP contribution in [0.4, 0.5) is 5.69 Å². The van der Waals surface area contributed by atoms with E-state index >= 15 is 0 Å². The minimum atomic E-state index is -1.18. The van der Waals surface area contributed by atoms with Crippen molar-refractivity contribution in [1.29, 1.82) is 5.26 Å². The number of nitro groups is 1. The molecule has 1 aromatic rings. The number of aliphatic carboxylic acids is 1. The minimum absolute atomic E-state index is 0.144. The first kappa shape index (κ1) is 12.4. The summed E-state index contributed by atoms with van der Waals surface area (Å²) in [5, 5.41) is 28.0. The van der Waals surface area contributed by atoms with Crippen LogP contribution < -0.4 is 0 Å². The highest BCUT2D eigenvalue weighted by Crippen LogP contribution is 2.23. The number of benzene rings is 1. The molecule has 0 heterocycles. The van der Waals surface area contributed by atoms with Crippen molar-refractivity contribution in [1.82, 2.24) is 0 Å². The van der Waals surface area contributed by atoms with Crippen molar-refractivity contribution in [2.45, 2.75) is 6.92 Å². The Morgan fingerprint density at radius 1 is 1.59 bits per heavy atom. The second-order valence-electron chi connectivity index (χ2n) is 3.27. The summed E-state index contributed by atoms with van der Waals surface area (Å²) >= 11 is 0. The number of aryl methyl sites for hydroxylation is 1. The molecule has 0 aromatic heterocycles. The zero-order chi connectivity index (χ0) is 13.0. The molecule has 0 spiro atoms. The zero-order valence-corrected chi connectivity index (χ0v) is 8.88. The largest absolute Gasteiger partial charge is 0.478 e. The molecular formula is C11H8N2O4. The summed E-state index contributed by atoms with van der Waals surface area (Å²) in [5.41, 5.74) is 0.630. The molecule has 0 saturated carbocycles. The second-order valence-corrected chi connectivity index (χ2v) is 3.27. The Bertz CT molecular complexity index is 555. The monoisotopic (exact) mass is 232 g/mol. The third-order valence-corrected chi connectivity index (χ3v) is 2.09. The molecule has 0 radical (unpaired) electrons. The van der Waals surface area contributed by atoms with Gasteiger partial charge in [0.25, 0.3) is 5.69 Å². The first-order valence-corrected chi connectivity index (χ1v) is 4.56. The predicted octanol–water partition coefficient (Wildman–Crippen LogP) is 1.87. The van der Waals surface area contributed by atoms with Crippen LogP contribution in [0.15, 0.2) is 18.2 Å². The van der Waals surface area contributed by atoms with Crippen LogP contribution in [0, 0.1) is 28.4 Å². The molecular weight excluding hydrogens is 224 g/mol. The van der Waals surface area contributed by atoms with Gasteiger partial charge in [-0.05, 0) is 24.6 Å². The molecule has 0 saturated heterocycles. The zero-order valence-electron chi connectivity index (χ0n) is 8.88. The van der Waals surface area contributed by atoms with Crippen molar-refractivity contribution in [3.63, 3.8) is 0 Å². The molecule has 0 fully saturated rings. The van der Waals surface area contributed by atoms with E-state index in [4.69, 9.17) is 10.4 Å². The average Bonchev–Trinajstić information content (AvgIpc) is 2.26. The number of hydrogen-bond donors (Lipinski definition) is 1. The number of nitrogens with zero attached hydrogens (tertiary/aromatic N) is 2. The van der Waals surface area contributed by atoms with E-state index in [0.717, 1.165) is 12.2 Å². The Kier molecular flexibility index (Phi) is 3.57. The summed E-state index contributed by atoms with van der Waals surface area (Å²) < 4.78 is 0. The van der Waals surface area contributed by atoms with E-state index in [1.165, 1.54) is 19.1 Å². The smallest absolute Gasteiger partial charge is 0.328 e. The molecule has 0 unspecified atom stereocenters. The van der Waals surface area contributed by atoms with Gasteiger partial charge in [0.15, 0.2) is 0 Å². The summed E-state index contributed by atoms with van der Waals surface area (Å²) in [7, 11) is 0. The van der Waals surface area contributed by atoms with Gasteiger partial charge < -0.3 is 5.11 Å². The van der Waals surface area contributed by atoms with E-state index in [0.29, 0.717) is 5.56 Å². The van der Waals surface area contributed by atoms with Crippen LogP contribution in [0.5, 0.6) is 0 Å². The van der Waals surface area contributed by atoms with Gasteiger partial charge in [0, 0.05) is 17.7 Å². The lowest BCUT2D eigenvalue weighted by Gasteiger charge is -2.01. The maximum atomic E-state index is 10.7. The van der Waals surface area contributed by atoms with Gasteiger partial charge in [-0.25, -0.2) is 4.79 Å². The van der Waals surface area contributed by atoms with Crippen LogP contribution in [-0.2, 0) is 4.79 Å². The van der Waals surface area contributed by atoms with Crippen molar-refractivity contribution < 1.29 is 14.8 Å². The lowest BCUT2D eigenvalue weighted by Crippen LogP contribution is -1.95. The van der Waals surface area contributed by atoms with Crippen molar-refractivity contribution in [2.75, 3.05) is 0 Å². The second kappa shape index (κ2) is 4.90. The molecule has 0 aliphatic rings. The molecule has 0 aliphatic carbocycles. The van der Waals surface area contributed by atoms with Crippen LogP contribution in [-0.4, -0.2) is 16.0 Å². The van der Waals surface area contributed by atoms with E-state index < -0.39 is 10.9 Å². The Hall–Kier alpha value is -2.68. The fraction of sp³-hybridized carbons (Fsp3) is 0.0909. The van der Waals surface area contributed by atoms with Crippen LogP contribution >= 0.6 is 0 Å². The van der Waals surface area contributed by atoms with Gasteiger partial charge in [-0.1, -0.05) is 0 Å². The molecule has 1 aromatic carbocycles. The first-order chi connectivity index (χ1) is 7.95. The number of carboxylic acids is 1. The summed E-state index contributed by atoms with van der Waals surface area (Å²) in [6, 6.07) is 4.41. The van der Waals surface area contributed by atoms with E-state index in [1.807, 2.05) is 6.07 Å².